The third-order valence-corrected chi connectivity index (χ3v) is 7.66. The van der Waals surface area contributed by atoms with Crippen molar-refractivity contribution in [1.29, 1.82) is 0 Å². The van der Waals surface area contributed by atoms with Gasteiger partial charge in [-0.25, -0.2) is 8.42 Å². The van der Waals surface area contributed by atoms with E-state index >= 15 is 0 Å². The van der Waals surface area contributed by atoms with Crippen LogP contribution in [0.25, 0.3) is 11.3 Å². The van der Waals surface area contributed by atoms with Crippen molar-refractivity contribution >= 4 is 15.9 Å². The van der Waals surface area contributed by atoms with E-state index in [0.717, 1.165) is 5.56 Å². The van der Waals surface area contributed by atoms with Crippen molar-refractivity contribution in [3.8, 4) is 22.8 Å². The van der Waals surface area contributed by atoms with E-state index in [2.05, 4.69) is 4.98 Å². The van der Waals surface area contributed by atoms with Crippen LogP contribution in [0.2, 0.25) is 0 Å². The van der Waals surface area contributed by atoms with Crippen LogP contribution in [0.3, 0.4) is 0 Å². The van der Waals surface area contributed by atoms with E-state index in [0.29, 0.717) is 11.4 Å². The van der Waals surface area contributed by atoms with Gasteiger partial charge in [-0.3, -0.25) is 9.59 Å². The first-order valence-electron chi connectivity index (χ1n) is 10.7. The van der Waals surface area contributed by atoms with Gasteiger partial charge in [0.25, 0.3) is 11.5 Å². The van der Waals surface area contributed by atoms with Gasteiger partial charge in [-0.2, -0.15) is 4.31 Å². The number of benzene rings is 2. The second-order valence-corrected chi connectivity index (χ2v) is 9.60. The van der Waals surface area contributed by atoms with Gasteiger partial charge in [-0.05, 0) is 29.8 Å². The number of amides is 1. The fourth-order valence-electron chi connectivity index (χ4n) is 3.85. The van der Waals surface area contributed by atoms with Crippen LogP contribution in [0.4, 0.5) is 0 Å². The minimum absolute atomic E-state index is 0.00192. The van der Waals surface area contributed by atoms with Crippen molar-refractivity contribution in [3.63, 3.8) is 0 Å². The largest absolute Gasteiger partial charge is 0.497 e. The maximum Gasteiger partial charge on any atom is 0.261 e. The van der Waals surface area contributed by atoms with Gasteiger partial charge in [0.1, 0.15) is 22.0 Å². The Kier molecular flexibility index (Phi) is 6.71. The van der Waals surface area contributed by atoms with Crippen molar-refractivity contribution in [2.24, 2.45) is 0 Å². The molecule has 0 aliphatic carbocycles. The van der Waals surface area contributed by atoms with E-state index in [9.17, 15) is 18.0 Å². The zero-order valence-corrected chi connectivity index (χ0v) is 19.7. The molecule has 0 saturated carbocycles. The molecule has 3 aromatic rings. The molecule has 1 aromatic heterocycles. The molecule has 0 atom stereocenters. The maximum absolute atomic E-state index is 13.2. The van der Waals surface area contributed by atoms with E-state index < -0.39 is 21.5 Å². The summed E-state index contributed by atoms with van der Waals surface area (Å²) in [6.45, 7) is 0.497. The van der Waals surface area contributed by atoms with Gasteiger partial charge < -0.3 is 19.4 Å². The standard InChI is InChI=1S/C24H25N3O6S/c1-32-18-8-11-21(33-2)22(16-18)34(30,31)27-14-12-26(13-15-27)24(29)19-9-10-20(25-23(19)28)17-6-4-3-5-7-17/h3-11,16H,12-15H2,1-2H3,(H,25,28). The lowest BCUT2D eigenvalue weighted by atomic mass is 10.1. The topological polar surface area (TPSA) is 109 Å². The highest BCUT2D eigenvalue weighted by atomic mass is 32.2. The van der Waals surface area contributed by atoms with E-state index in [1.165, 1.54) is 41.6 Å². The average Bonchev–Trinajstić information content (AvgIpc) is 2.88. The van der Waals surface area contributed by atoms with Crippen LogP contribution in [0, 0.1) is 0 Å². The summed E-state index contributed by atoms with van der Waals surface area (Å²) in [5.74, 6) is 0.174. The van der Waals surface area contributed by atoms with Crippen LogP contribution in [-0.4, -0.2) is 68.9 Å². The molecule has 0 bridgehead atoms. The maximum atomic E-state index is 13.2. The molecule has 0 spiro atoms. The normalized spacial score (nSPS) is 14.6. The molecule has 34 heavy (non-hydrogen) atoms. The van der Waals surface area contributed by atoms with Gasteiger partial charge in [-0.1, -0.05) is 30.3 Å². The highest BCUT2D eigenvalue weighted by Crippen LogP contribution is 2.31. The lowest BCUT2D eigenvalue weighted by molar-refractivity contribution is 0.0696. The number of aromatic amines is 1. The number of rotatable bonds is 6. The minimum Gasteiger partial charge on any atom is -0.497 e. The van der Waals surface area contributed by atoms with Crippen molar-refractivity contribution in [3.05, 3.63) is 76.6 Å². The summed E-state index contributed by atoms with van der Waals surface area (Å²) in [6, 6.07) is 17.1. The number of nitrogens with one attached hydrogen (secondary N) is 1. The van der Waals surface area contributed by atoms with E-state index in [-0.39, 0.29) is 42.4 Å². The lowest BCUT2D eigenvalue weighted by Gasteiger charge is -2.34. The summed E-state index contributed by atoms with van der Waals surface area (Å²) in [4.78, 5) is 29.8. The number of ether oxygens (including phenoxy) is 2. The molecular formula is C24H25N3O6S. The van der Waals surface area contributed by atoms with Gasteiger partial charge in [0, 0.05) is 37.9 Å². The second kappa shape index (κ2) is 9.70. The molecule has 10 heteroatoms. The Morgan fingerprint density at radius 2 is 1.62 bits per heavy atom. The van der Waals surface area contributed by atoms with Crippen molar-refractivity contribution in [1.82, 2.24) is 14.2 Å². The summed E-state index contributed by atoms with van der Waals surface area (Å²) >= 11 is 0. The molecule has 0 unspecified atom stereocenters. The molecule has 2 heterocycles. The third-order valence-electron chi connectivity index (χ3n) is 5.74. The number of piperazine rings is 1. The first kappa shape index (κ1) is 23.5. The summed E-state index contributed by atoms with van der Waals surface area (Å²) < 4.78 is 38.2. The third kappa shape index (κ3) is 4.55. The highest BCUT2D eigenvalue weighted by Gasteiger charge is 2.33. The van der Waals surface area contributed by atoms with Gasteiger partial charge in [0.15, 0.2) is 0 Å². The van der Waals surface area contributed by atoms with Gasteiger partial charge >= 0.3 is 0 Å². The Balaban J connectivity index is 1.49. The number of pyridine rings is 1. The summed E-state index contributed by atoms with van der Waals surface area (Å²) in [5.41, 5.74) is 0.990. The number of nitrogens with zero attached hydrogens (tertiary/aromatic N) is 2. The fourth-order valence-corrected chi connectivity index (χ4v) is 5.45. The van der Waals surface area contributed by atoms with Gasteiger partial charge in [0.2, 0.25) is 10.0 Å². The van der Waals surface area contributed by atoms with Gasteiger partial charge in [-0.15, -0.1) is 0 Å². The molecule has 1 saturated heterocycles. The number of carbonyl (C=O) groups excluding carboxylic acids is 1. The molecule has 0 radical (unpaired) electrons. The molecule has 4 rings (SSSR count). The SMILES string of the molecule is COc1ccc(OC)c(S(=O)(=O)N2CCN(C(=O)c3ccc(-c4ccccc4)[nH]c3=O)CC2)c1. The van der Waals surface area contributed by atoms with Crippen LogP contribution in [0.5, 0.6) is 11.5 Å². The molecule has 1 aliphatic heterocycles. The number of hydrogen-bond acceptors (Lipinski definition) is 6. The van der Waals surface area contributed by atoms with Crippen LogP contribution in [-0.2, 0) is 10.0 Å². The molecule has 1 fully saturated rings. The Bertz CT molecular complexity index is 1350. The van der Waals surface area contributed by atoms with E-state index in [1.807, 2.05) is 30.3 Å². The van der Waals surface area contributed by atoms with Gasteiger partial charge in [0.05, 0.1) is 14.2 Å². The fraction of sp³-hybridized carbons (Fsp3) is 0.250. The van der Waals surface area contributed by atoms with E-state index in [1.54, 1.807) is 12.1 Å². The smallest absolute Gasteiger partial charge is 0.261 e. The molecule has 1 amide bonds. The van der Waals surface area contributed by atoms with Crippen LogP contribution in [0.1, 0.15) is 10.4 Å². The van der Waals surface area contributed by atoms with Crippen LogP contribution >= 0.6 is 0 Å². The molecule has 2 aromatic carbocycles. The number of H-pyrrole nitrogens is 1. The number of carbonyl (C=O) groups is 1. The number of sulfonamides is 1. The predicted molar refractivity (Wildman–Crippen MR) is 127 cm³/mol. The number of methoxy groups -OCH3 is 2. The zero-order valence-electron chi connectivity index (χ0n) is 18.9. The van der Waals surface area contributed by atoms with Crippen molar-refractivity contribution < 1.29 is 22.7 Å². The molecular weight excluding hydrogens is 458 g/mol. The first-order chi connectivity index (χ1) is 16.3. The second-order valence-electron chi connectivity index (χ2n) is 7.69. The Hall–Kier alpha value is -3.63. The molecule has 1 N–H and O–H groups in total. The number of aromatic nitrogens is 1. The average molecular weight is 484 g/mol. The predicted octanol–water partition coefficient (Wildman–Crippen LogP) is 2.21. The summed E-state index contributed by atoms with van der Waals surface area (Å²) in [6.07, 6.45) is 0. The Morgan fingerprint density at radius 3 is 2.24 bits per heavy atom. The zero-order chi connectivity index (χ0) is 24.3. The minimum atomic E-state index is -3.87. The Labute approximate surface area is 197 Å². The highest BCUT2D eigenvalue weighted by molar-refractivity contribution is 7.89. The molecule has 178 valence electrons. The number of hydrogen-bond donors (Lipinski definition) is 1. The molecule has 1 aliphatic rings. The Morgan fingerprint density at radius 1 is 0.912 bits per heavy atom. The van der Waals surface area contributed by atoms with Crippen molar-refractivity contribution in [2.45, 2.75) is 4.90 Å². The van der Waals surface area contributed by atoms with Crippen LogP contribution < -0.4 is 15.0 Å². The van der Waals surface area contributed by atoms with Crippen LogP contribution in [0.15, 0.2) is 70.4 Å². The van der Waals surface area contributed by atoms with Crippen molar-refractivity contribution in [2.75, 3.05) is 40.4 Å². The quantitative estimate of drug-likeness (QED) is 0.576. The summed E-state index contributed by atoms with van der Waals surface area (Å²) in [5, 5.41) is 0. The summed E-state index contributed by atoms with van der Waals surface area (Å²) in [7, 11) is -1.02. The lowest BCUT2D eigenvalue weighted by Crippen LogP contribution is -2.51. The monoisotopic (exact) mass is 483 g/mol. The molecule has 9 nitrogen and oxygen atoms in total. The van der Waals surface area contributed by atoms with E-state index in [4.69, 9.17) is 9.47 Å². The first-order valence-corrected chi connectivity index (χ1v) is 12.1.